The summed E-state index contributed by atoms with van der Waals surface area (Å²) in [6.07, 6.45) is 8.46. The Balaban J connectivity index is 1.99. The number of rotatable bonds is 1. The van der Waals surface area contributed by atoms with Crippen LogP contribution in [0.25, 0.3) is 0 Å². The highest BCUT2D eigenvalue weighted by atomic mass is 16.5. The van der Waals surface area contributed by atoms with E-state index in [1.165, 1.54) is 49.7 Å². The van der Waals surface area contributed by atoms with Crippen molar-refractivity contribution < 1.29 is 4.74 Å². The van der Waals surface area contributed by atoms with Crippen molar-refractivity contribution in [3.63, 3.8) is 0 Å². The molecular weight excluding hydrogens is 196 g/mol. The number of hydrogen-bond acceptors (Lipinski definition) is 1. The Morgan fingerprint density at radius 1 is 1.12 bits per heavy atom. The second-order valence-electron chi connectivity index (χ2n) is 5.41. The second kappa shape index (κ2) is 3.89. The molecule has 1 atom stereocenters. The van der Waals surface area contributed by atoms with Crippen molar-refractivity contribution in [2.24, 2.45) is 5.41 Å². The Morgan fingerprint density at radius 3 is 2.62 bits per heavy atom. The summed E-state index contributed by atoms with van der Waals surface area (Å²) in [6.45, 7) is 0. The van der Waals surface area contributed by atoms with Gasteiger partial charge in [0, 0.05) is 12.5 Å². The Bertz CT molecular complexity index is 377. The molecule has 0 heterocycles. The normalized spacial score (nSPS) is 26.9. The molecule has 1 unspecified atom stereocenters. The molecule has 0 N–H and O–H groups in total. The van der Waals surface area contributed by atoms with E-state index in [9.17, 15) is 0 Å². The zero-order valence-corrected chi connectivity index (χ0v) is 10.0. The van der Waals surface area contributed by atoms with Gasteiger partial charge in [0.2, 0.25) is 0 Å². The van der Waals surface area contributed by atoms with Crippen molar-refractivity contribution in [3.05, 3.63) is 35.4 Å². The van der Waals surface area contributed by atoms with Crippen LogP contribution in [-0.4, -0.2) is 7.11 Å². The third-order valence-electron chi connectivity index (χ3n) is 4.52. The van der Waals surface area contributed by atoms with E-state index in [0.29, 0.717) is 11.5 Å². The van der Waals surface area contributed by atoms with Gasteiger partial charge in [0.25, 0.3) is 0 Å². The molecule has 0 aliphatic heterocycles. The molecule has 1 aromatic rings. The molecule has 1 spiro atoms. The number of ether oxygens (including phenoxy) is 1. The molecule has 1 saturated carbocycles. The van der Waals surface area contributed by atoms with Crippen LogP contribution in [0.1, 0.15) is 49.3 Å². The van der Waals surface area contributed by atoms with Crippen LogP contribution >= 0.6 is 0 Å². The highest BCUT2D eigenvalue weighted by molar-refractivity contribution is 5.37. The quantitative estimate of drug-likeness (QED) is 0.692. The molecule has 1 nitrogen and oxygen atoms in total. The fraction of sp³-hybridized carbons (Fsp3) is 0.600. The molecule has 1 aromatic carbocycles. The van der Waals surface area contributed by atoms with Crippen LogP contribution in [0.4, 0.5) is 0 Å². The maximum atomic E-state index is 5.83. The third-order valence-corrected chi connectivity index (χ3v) is 4.52. The maximum Gasteiger partial charge on any atom is 0.0883 e. The Morgan fingerprint density at radius 2 is 1.88 bits per heavy atom. The molecule has 16 heavy (non-hydrogen) atoms. The van der Waals surface area contributed by atoms with Crippen LogP contribution in [0, 0.1) is 5.41 Å². The summed E-state index contributed by atoms with van der Waals surface area (Å²) in [6, 6.07) is 8.84. The molecule has 0 bridgehead atoms. The average molecular weight is 216 g/mol. The van der Waals surface area contributed by atoms with Gasteiger partial charge in [0.05, 0.1) is 6.10 Å². The molecule has 0 amide bonds. The van der Waals surface area contributed by atoms with Crippen molar-refractivity contribution in [1.82, 2.24) is 0 Å². The maximum absolute atomic E-state index is 5.83. The van der Waals surface area contributed by atoms with Gasteiger partial charge in [-0.3, -0.25) is 0 Å². The topological polar surface area (TPSA) is 9.23 Å². The minimum atomic E-state index is 0.351. The van der Waals surface area contributed by atoms with Crippen LogP contribution in [0.3, 0.4) is 0 Å². The summed E-state index contributed by atoms with van der Waals surface area (Å²) in [5.41, 5.74) is 3.40. The molecule has 0 radical (unpaired) electrons. The van der Waals surface area contributed by atoms with Crippen LogP contribution in [0.2, 0.25) is 0 Å². The van der Waals surface area contributed by atoms with E-state index in [0.717, 1.165) is 0 Å². The van der Waals surface area contributed by atoms with Gasteiger partial charge >= 0.3 is 0 Å². The number of hydrogen-bond donors (Lipinski definition) is 0. The molecule has 1 heteroatoms. The summed E-state index contributed by atoms with van der Waals surface area (Å²) >= 11 is 0. The fourth-order valence-electron chi connectivity index (χ4n) is 3.82. The summed E-state index contributed by atoms with van der Waals surface area (Å²) in [4.78, 5) is 0. The van der Waals surface area contributed by atoms with E-state index in [2.05, 4.69) is 24.3 Å². The molecular formula is C15H20O. The lowest BCUT2D eigenvalue weighted by Gasteiger charge is -2.38. The largest absolute Gasteiger partial charge is 0.376 e. The first-order valence-corrected chi connectivity index (χ1v) is 6.46. The van der Waals surface area contributed by atoms with Gasteiger partial charge in [-0.25, -0.2) is 0 Å². The van der Waals surface area contributed by atoms with E-state index < -0.39 is 0 Å². The van der Waals surface area contributed by atoms with Crippen molar-refractivity contribution in [1.29, 1.82) is 0 Å². The molecule has 1 fully saturated rings. The summed E-state index contributed by atoms with van der Waals surface area (Å²) in [7, 11) is 1.88. The van der Waals surface area contributed by atoms with Crippen molar-refractivity contribution in [2.75, 3.05) is 7.11 Å². The van der Waals surface area contributed by atoms with E-state index in [1.54, 1.807) is 0 Å². The third kappa shape index (κ3) is 1.41. The lowest BCUT2D eigenvalue weighted by atomic mass is 9.70. The van der Waals surface area contributed by atoms with Crippen molar-refractivity contribution in [2.45, 2.75) is 44.6 Å². The van der Waals surface area contributed by atoms with Crippen LogP contribution in [-0.2, 0) is 11.2 Å². The summed E-state index contributed by atoms with van der Waals surface area (Å²) in [5.74, 6) is 0. The smallest absolute Gasteiger partial charge is 0.0883 e. The van der Waals surface area contributed by atoms with E-state index in [4.69, 9.17) is 4.74 Å². The zero-order valence-electron chi connectivity index (χ0n) is 10.0. The standard InChI is InChI=1S/C15H20O/c1-16-14-13-8-4-3-7-12(13)11-15(14)9-5-2-6-10-15/h3-4,7-8,14H,2,5-6,9-11H2,1H3. The predicted octanol–water partition coefficient (Wildman–Crippen LogP) is 3.88. The van der Waals surface area contributed by atoms with Crippen molar-refractivity contribution in [3.8, 4) is 0 Å². The fourth-order valence-corrected chi connectivity index (χ4v) is 3.82. The van der Waals surface area contributed by atoms with E-state index in [1.807, 2.05) is 7.11 Å². The Kier molecular flexibility index (Phi) is 2.51. The SMILES string of the molecule is COC1c2ccccc2CC12CCCCC2. The van der Waals surface area contributed by atoms with Crippen LogP contribution in [0.15, 0.2) is 24.3 Å². The van der Waals surface area contributed by atoms with Gasteiger partial charge in [-0.2, -0.15) is 0 Å². The summed E-state index contributed by atoms with van der Waals surface area (Å²) < 4.78 is 5.83. The molecule has 0 saturated heterocycles. The van der Waals surface area contributed by atoms with Gasteiger partial charge in [-0.05, 0) is 30.4 Å². The highest BCUT2D eigenvalue weighted by Gasteiger charge is 2.46. The van der Waals surface area contributed by atoms with Crippen LogP contribution in [0.5, 0.6) is 0 Å². The molecule has 2 aliphatic rings. The Labute approximate surface area is 97.8 Å². The van der Waals surface area contributed by atoms with Gasteiger partial charge < -0.3 is 4.74 Å². The van der Waals surface area contributed by atoms with Gasteiger partial charge in [-0.1, -0.05) is 43.5 Å². The van der Waals surface area contributed by atoms with Crippen LogP contribution < -0.4 is 0 Å². The van der Waals surface area contributed by atoms with Gasteiger partial charge in [-0.15, -0.1) is 0 Å². The van der Waals surface area contributed by atoms with Gasteiger partial charge in [0.15, 0.2) is 0 Å². The number of benzene rings is 1. The molecule has 86 valence electrons. The van der Waals surface area contributed by atoms with Crippen molar-refractivity contribution >= 4 is 0 Å². The van der Waals surface area contributed by atoms with Gasteiger partial charge in [0.1, 0.15) is 0 Å². The van der Waals surface area contributed by atoms with E-state index >= 15 is 0 Å². The average Bonchev–Trinajstić information content (AvgIpc) is 2.62. The Hall–Kier alpha value is -0.820. The second-order valence-corrected chi connectivity index (χ2v) is 5.41. The first-order valence-electron chi connectivity index (χ1n) is 6.46. The lowest BCUT2D eigenvalue weighted by Crippen LogP contribution is -2.29. The minimum absolute atomic E-state index is 0.351. The predicted molar refractivity (Wildman–Crippen MR) is 65.4 cm³/mol. The summed E-state index contributed by atoms with van der Waals surface area (Å²) in [5, 5.41) is 0. The number of fused-ring (bicyclic) bond motifs is 1. The first-order chi connectivity index (χ1) is 7.86. The number of methoxy groups -OCH3 is 1. The first kappa shape index (κ1) is 10.3. The minimum Gasteiger partial charge on any atom is -0.376 e. The molecule has 0 aromatic heterocycles. The van der Waals surface area contributed by atoms with E-state index in [-0.39, 0.29) is 0 Å². The molecule has 2 aliphatic carbocycles. The highest BCUT2D eigenvalue weighted by Crippen LogP contribution is 2.55. The lowest BCUT2D eigenvalue weighted by molar-refractivity contribution is -0.0240. The zero-order chi connectivity index (χ0) is 11.0. The molecule has 3 rings (SSSR count). The monoisotopic (exact) mass is 216 g/mol.